The minimum absolute atomic E-state index is 0.0138. The molecule has 3 aliphatic heterocycles. The minimum atomic E-state index is -4.68. The monoisotopic (exact) mass is 914 g/mol. The summed E-state index contributed by atoms with van der Waals surface area (Å²) in [6.07, 6.45) is 7.67. The van der Waals surface area contributed by atoms with E-state index in [1.54, 1.807) is 6.20 Å². The number of rotatable bonds is 5. The lowest BCUT2D eigenvalue weighted by atomic mass is 10.0. The van der Waals surface area contributed by atoms with Crippen LogP contribution >= 0.6 is 0 Å². The van der Waals surface area contributed by atoms with Crippen molar-refractivity contribution in [2.45, 2.75) is 125 Å². The Bertz CT molecular complexity index is 2420. The molecule has 0 radical (unpaired) electrons. The second-order valence-electron chi connectivity index (χ2n) is 17.5. The lowest BCUT2D eigenvalue weighted by Crippen LogP contribution is -2.58. The fourth-order valence-electron chi connectivity index (χ4n) is 9.27. The number of alkyl carbamates (subject to hydrolysis) is 1. The van der Waals surface area contributed by atoms with Gasteiger partial charge in [0.15, 0.2) is 5.82 Å². The molecule has 3 aromatic rings. The van der Waals surface area contributed by atoms with Crippen LogP contribution in [0.2, 0.25) is 0 Å². The molecule has 19 heteroatoms. The van der Waals surface area contributed by atoms with Gasteiger partial charge in [0, 0.05) is 37.2 Å². The zero-order valence-electron chi connectivity index (χ0n) is 36.1. The molecule has 2 aliphatic carbocycles. The van der Waals surface area contributed by atoms with E-state index in [9.17, 15) is 36.8 Å². The summed E-state index contributed by atoms with van der Waals surface area (Å²) in [5, 5.41) is 8.55. The van der Waals surface area contributed by atoms with Crippen LogP contribution in [0.5, 0.6) is 0 Å². The number of nitrogens with zero attached hydrogens (tertiary/aromatic N) is 4. The molecule has 4 N–H and O–H groups in total. The Morgan fingerprint density at radius 2 is 1.71 bits per heavy atom. The van der Waals surface area contributed by atoms with Gasteiger partial charge in [0.1, 0.15) is 40.5 Å². The summed E-state index contributed by atoms with van der Waals surface area (Å²) < 4.78 is 55.8. The Kier molecular flexibility index (Phi) is 13.7. The van der Waals surface area contributed by atoms with E-state index < -0.39 is 80.3 Å². The summed E-state index contributed by atoms with van der Waals surface area (Å²) in [5.74, 6) is -3.48. The summed E-state index contributed by atoms with van der Waals surface area (Å²) in [6.45, 7) is 4.37. The molecular formula is C46H55FN8O9S. The lowest BCUT2D eigenvalue weighted by Gasteiger charge is -2.30. The fraction of sp³-hybridized carbons (Fsp3) is 0.500. The molecule has 17 nitrogen and oxygen atoms in total. The molecule has 3 fully saturated rings. The van der Waals surface area contributed by atoms with Crippen LogP contribution in [0.1, 0.15) is 88.3 Å². The van der Waals surface area contributed by atoms with Crippen LogP contribution in [0, 0.1) is 11.7 Å². The van der Waals surface area contributed by atoms with Crippen LogP contribution in [-0.4, -0.2) is 108 Å². The molecule has 4 heterocycles. The summed E-state index contributed by atoms with van der Waals surface area (Å²) in [5.41, 5.74) is 0.704. The predicted molar refractivity (Wildman–Crippen MR) is 235 cm³/mol. The van der Waals surface area contributed by atoms with Gasteiger partial charge in [-0.05, 0) is 75.1 Å². The Balaban J connectivity index is 1.05. The van der Waals surface area contributed by atoms with E-state index in [2.05, 4.69) is 32.2 Å². The summed E-state index contributed by atoms with van der Waals surface area (Å²) in [4.78, 5) is 82.1. The van der Waals surface area contributed by atoms with Crippen molar-refractivity contribution in [1.82, 2.24) is 35.1 Å². The number of halogens is 1. The van der Waals surface area contributed by atoms with Crippen LogP contribution in [-0.2, 0) is 46.8 Å². The Hall–Kier alpha value is -6.11. The molecule has 2 saturated carbocycles. The highest BCUT2D eigenvalue weighted by Crippen LogP contribution is 2.45. The van der Waals surface area contributed by atoms with Crippen molar-refractivity contribution in [1.29, 1.82) is 0 Å². The van der Waals surface area contributed by atoms with E-state index in [1.165, 1.54) is 21.9 Å². The predicted octanol–water partition coefficient (Wildman–Crippen LogP) is 5.12. The lowest BCUT2D eigenvalue weighted by molar-refractivity contribution is -0.141. The van der Waals surface area contributed by atoms with Crippen LogP contribution < -0.4 is 20.7 Å². The molecule has 0 unspecified atom stereocenters. The fourth-order valence-corrected chi connectivity index (χ4v) is 10.5. The third kappa shape index (κ3) is 10.4. The SMILES string of the molecule is C=C[C@@H]1C[C@@]12NC(=O)[C@@H]1C[C@@H](OC(=O)N3CCc4cnc(-c5ccccc5)nc4C3)CN1C(=O)[C@@H](NC(=O)OC1CCCC1)CCCCCCCNc1ccc(F)cc1S(=O)(=O)NC2=O. The van der Waals surface area contributed by atoms with Gasteiger partial charge >= 0.3 is 12.2 Å². The number of carbonyl (C=O) groups excluding carboxylic acids is 5. The minimum Gasteiger partial charge on any atom is -0.446 e. The number of anilines is 1. The molecule has 0 bridgehead atoms. The van der Waals surface area contributed by atoms with Gasteiger partial charge in [-0.2, -0.15) is 0 Å². The second-order valence-corrected chi connectivity index (χ2v) is 19.2. The number of sulfonamides is 1. The van der Waals surface area contributed by atoms with Gasteiger partial charge in [-0.25, -0.2) is 37.1 Å². The van der Waals surface area contributed by atoms with E-state index in [0.29, 0.717) is 50.3 Å². The molecule has 1 aromatic heterocycles. The number of ether oxygens (including phenoxy) is 2. The van der Waals surface area contributed by atoms with Gasteiger partial charge < -0.3 is 35.2 Å². The standard InChI is InChI=1S/C46H55FN8O9S/c1-2-31-25-46(31)43(58)53-65(61,62)39-23-32(47)18-19-35(39)48-21-12-5-3-4-9-17-36(51-44(59)63-33-15-10-11-16-33)42(57)55-27-34(24-38(55)41(56)52-46)64-45(60)54-22-20-30-26-49-40(50-37(30)28-54)29-13-7-6-8-14-29/h2,6-8,13-14,18-19,23,26,31,33-34,36,38,48H,1,3-5,9-12,15-17,20-22,24-25,27-28H2,(H,51,59)(H,52,56)(H,53,58)/t31-,34-,36+,38+,46-/m1/s1. The Morgan fingerprint density at radius 1 is 0.954 bits per heavy atom. The third-order valence-corrected chi connectivity index (χ3v) is 14.4. The highest BCUT2D eigenvalue weighted by Gasteiger charge is 2.61. The van der Waals surface area contributed by atoms with Gasteiger partial charge in [-0.3, -0.25) is 14.4 Å². The van der Waals surface area contributed by atoms with Gasteiger partial charge in [-0.1, -0.05) is 62.1 Å². The summed E-state index contributed by atoms with van der Waals surface area (Å²) in [6, 6.07) is 10.3. The highest BCUT2D eigenvalue weighted by molar-refractivity contribution is 7.90. The second kappa shape index (κ2) is 19.6. The Morgan fingerprint density at radius 3 is 2.48 bits per heavy atom. The third-order valence-electron chi connectivity index (χ3n) is 13.0. The molecule has 5 atom stereocenters. The molecule has 2 aromatic carbocycles. The average molecular weight is 915 g/mol. The quantitative estimate of drug-likeness (QED) is 0.246. The highest BCUT2D eigenvalue weighted by atomic mass is 32.2. The number of benzene rings is 2. The van der Waals surface area contributed by atoms with E-state index in [4.69, 9.17) is 14.5 Å². The van der Waals surface area contributed by atoms with Gasteiger partial charge in [0.05, 0.1) is 24.5 Å². The maximum Gasteiger partial charge on any atom is 0.410 e. The number of amides is 5. The van der Waals surface area contributed by atoms with Crippen LogP contribution in [0.4, 0.5) is 19.7 Å². The first-order valence-electron chi connectivity index (χ1n) is 22.5. The molecular weight excluding hydrogens is 860 g/mol. The van der Waals surface area contributed by atoms with E-state index >= 15 is 0 Å². The topological polar surface area (TPSA) is 218 Å². The summed E-state index contributed by atoms with van der Waals surface area (Å²) >= 11 is 0. The van der Waals surface area contributed by atoms with Crippen molar-refractivity contribution in [3.05, 3.63) is 84.5 Å². The number of carbonyl (C=O) groups is 5. The Labute approximate surface area is 377 Å². The molecule has 346 valence electrons. The number of fused-ring (bicyclic) bond motifs is 3. The molecule has 1 saturated heterocycles. The normalized spacial score (nSPS) is 26.3. The van der Waals surface area contributed by atoms with Crippen molar-refractivity contribution in [3.8, 4) is 11.4 Å². The maximum absolute atomic E-state index is 14.7. The number of hydrogen-bond acceptors (Lipinski definition) is 12. The molecule has 65 heavy (non-hydrogen) atoms. The number of aromatic nitrogens is 2. The van der Waals surface area contributed by atoms with Gasteiger partial charge in [0.2, 0.25) is 11.8 Å². The number of nitrogens with one attached hydrogen (secondary N) is 4. The van der Waals surface area contributed by atoms with E-state index in [1.807, 2.05) is 30.3 Å². The smallest absolute Gasteiger partial charge is 0.410 e. The molecule has 5 aliphatic rings. The van der Waals surface area contributed by atoms with E-state index in [-0.39, 0.29) is 44.1 Å². The first kappa shape index (κ1) is 45.5. The van der Waals surface area contributed by atoms with Crippen LogP contribution in [0.25, 0.3) is 11.4 Å². The summed E-state index contributed by atoms with van der Waals surface area (Å²) in [7, 11) is -4.68. The zero-order chi connectivity index (χ0) is 45.7. The number of hydrogen-bond donors (Lipinski definition) is 4. The average Bonchev–Trinajstić information content (AvgIpc) is 3.54. The largest absolute Gasteiger partial charge is 0.446 e. The van der Waals surface area contributed by atoms with Gasteiger partial charge in [0.25, 0.3) is 15.9 Å². The molecule has 1 spiro atoms. The van der Waals surface area contributed by atoms with E-state index in [0.717, 1.165) is 61.8 Å². The molecule has 5 amide bonds. The van der Waals surface area contributed by atoms with Crippen LogP contribution in [0.3, 0.4) is 0 Å². The van der Waals surface area contributed by atoms with Crippen molar-refractivity contribution in [2.24, 2.45) is 5.92 Å². The first-order chi connectivity index (χ1) is 31.3. The zero-order valence-corrected chi connectivity index (χ0v) is 37.0. The maximum atomic E-state index is 14.7. The van der Waals surface area contributed by atoms with Crippen LogP contribution in [0.15, 0.2) is 72.3 Å². The van der Waals surface area contributed by atoms with Gasteiger partial charge in [-0.15, -0.1) is 6.58 Å². The van der Waals surface area contributed by atoms with Crippen molar-refractivity contribution in [2.75, 3.05) is 25.0 Å². The molecule has 8 rings (SSSR count). The van der Waals surface area contributed by atoms with Crippen molar-refractivity contribution in [3.63, 3.8) is 0 Å². The van der Waals surface area contributed by atoms with Crippen molar-refractivity contribution < 1.29 is 46.3 Å². The first-order valence-corrected chi connectivity index (χ1v) is 24.0. The van der Waals surface area contributed by atoms with Crippen molar-refractivity contribution >= 4 is 45.6 Å².